The summed E-state index contributed by atoms with van der Waals surface area (Å²) >= 11 is 0. The van der Waals surface area contributed by atoms with E-state index < -0.39 is 0 Å². The average Bonchev–Trinajstić information content (AvgIpc) is 2.85. The molecule has 0 aliphatic carbocycles. The van der Waals surface area contributed by atoms with Gasteiger partial charge in [-0.25, -0.2) is 4.68 Å². The molecule has 0 amide bonds. The van der Waals surface area contributed by atoms with E-state index in [0.29, 0.717) is 0 Å². The third-order valence-electron chi connectivity index (χ3n) is 2.73. The number of aryl methyl sites for hydroxylation is 1. The Hall–Kier alpha value is -1.61. The molecule has 0 aliphatic heterocycles. The molecule has 0 saturated carbocycles. The maximum absolute atomic E-state index is 4.38. The van der Waals surface area contributed by atoms with E-state index >= 15 is 0 Å². The largest absolute Gasteiger partial charge is 0.317 e. The highest BCUT2D eigenvalue weighted by Crippen LogP contribution is 2.08. The van der Waals surface area contributed by atoms with Gasteiger partial charge in [-0.15, -0.1) is 0 Å². The van der Waals surface area contributed by atoms with Gasteiger partial charge in [-0.3, -0.25) is 0 Å². The molecule has 0 saturated heterocycles. The van der Waals surface area contributed by atoms with Gasteiger partial charge in [-0.05, 0) is 43.6 Å². The van der Waals surface area contributed by atoms with Crippen LogP contribution in [0.15, 0.2) is 42.7 Å². The molecule has 1 aromatic carbocycles. The number of benzene rings is 1. The lowest BCUT2D eigenvalue weighted by atomic mass is 10.2. The van der Waals surface area contributed by atoms with Crippen molar-refractivity contribution in [2.24, 2.45) is 0 Å². The predicted octanol–water partition coefficient (Wildman–Crippen LogP) is 2.41. The monoisotopic (exact) mass is 229 g/mol. The van der Waals surface area contributed by atoms with E-state index in [-0.39, 0.29) is 0 Å². The van der Waals surface area contributed by atoms with Crippen molar-refractivity contribution in [2.45, 2.75) is 19.8 Å². The van der Waals surface area contributed by atoms with Gasteiger partial charge in [0.2, 0.25) is 0 Å². The molecule has 1 heterocycles. The zero-order valence-electron chi connectivity index (χ0n) is 10.3. The van der Waals surface area contributed by atoms with E-state index in [1.54, 1.807) is 0 Å². The highest BCUT2D eigenvalue weighted by atomic mass is 15.3. The van der Waals surface area contributed by atoms with Gasteiger partial charge in [0.05, 0.1) is 11.9 Å². The van der Waals surface area contributed by atoms with Crippen LogP contribution in [0.1, 0.15) is 18.9 Å². The summed E-state index contributed by atoms with van der Waals surface area (Å²) in [5, 5.41) is 7.71. The van der Waals surface area contributed by atoms with Gasteiger partial charge in [0, 0.05) is 6.20 Å². The van der Waals surface area contributed by atoms with Crippen LogP contribution < -0.4 is 5.32 Å². The standard InChI is InChI=1S/C14H19N3/c1-2-15-10-6-7-13-11-16-17(12-13)14-8-4-3-5-9-14/h3-5,8-9,11-12,15H,2,6-7,10H2,1H3. The number of hydrogen-bond acceptors (Lipinski definition) is 2. The van der Waals surface area contributed by atoms with Crippen LogP contribution in [0.2, 0.25) is 0 Å². The average molecular weight is 229 g/mol. The maximum atomic E-state index is 4.38. The van der Waals surface area contributed by atoms with Crippen LogP contribution in [0.5, 0.6) is 0 Å². The van der Waals surface area contributed by atoms with E-state index in [1.165, 1.54) is 5.56 Å². The first-order valence-corrected chi connectivity index (χ1v) is 6.20. The van der Waals surface area contributed by atoms with Gasteiger partial charge >= 0.3 is 0 Å². The van der Waals surface area contributed by atoms with Crippen LogP contribution in [-0.2, 0) is 6.42 Å². The number of nitrogens with one attached hydrogen (secondary N) is 1. The molecule has 0 radical (unpaired) electrons. The molecule has 3 nitrogen and oxygen atoms in total. The molecular formula is C14H19N3. The van der Waals surface area contributed by atoms with E-state index in [0.717, 1.165) is 31.6 Å². The molecule has 2 aromatic rings. The SMILES string of the molecule is CCNCCCc1cnn(-c2ccccc2)c1. The first-order chi connectivity index (χ1) is 8.40. The first kappa shape index (κ1) is 11.9. The van der Waals surface area contributed by atoms with E-state index in [9.17, 15) is 0 Å². The molecule has 2 rings (SSSR count). The molecule has 17 heavy (non-hydrogen) atoms. The minimum Gasteiger partial charge on any atom is -0.317 e. The van der Waals surface area contributed by atoms with Gasteiger partial charge in [-0.2, -0.15) is 5.10 Å². The fourth-order valence-corrected chi connectivity index (χ4v) is 1.81. The van der Waals surface area contributed by atoms with Crippen molar-refractivity contribution in [2.75, 3.05) is 13.1 Å². The molecule has 0 bridgehead atoms. The Morgan fingerprint density at radius 1 is 1.24 bits per heavy atom. The molecule has 90 valence electrons. The van der Waals surface area contributed by atoms with Gasteiger partial charge in [0.25, 0.3) is 0 Å². The van der Waals surface area contributed by atoms with E-state index in [4.69, 9.17) is 0 Å². The summed E-state index contributed by atoms with van der Waals surface area (Å²) in [6, 6.07) is 10.2. The molecule has 1 aromatic heterocycles. The summed E-state index contributed by atoms with van der Waals surface area (Å²) in [4.78, 5) is 0. The molecule has 0 unspecified atom stereocenters. The zero-order chi connectivity index (χ0) is 11.9. The lowest BCUT2D eigenvalue weighted by molar-refractivity contribution is 0.672. The summed E-state index contributed by atoms with van der Waals surface area (Å²) < 4.78 is 1.93. The van der Waals surface area contributed by atoms with Crippen molar-refractivity contribution in [3.05, 3.63) is 48.3 Å². The highest BCUT2D eigenvalue weighted by molar-refractivity contribution is 5.30. The topological polar surface area (TPSA) is 29.9 Å². The number of aromatic nitrogens is 2. The Bertz CT molecular complexity index is 434. The fraction of sp³-hybridized carbons (Fsp3) is 0.357. The zero-order valence-corrected chi connectivity index (χ0v) is 10.3. The number of hydrogen-bond donors (Lipinski definition) is 1. The van der Waals surface area contributed by atoms with Crippen molar-refractivity contribution in [3.63, 3.8) is 0 Å². The summed E-state index contributed by atoms with van der Waals surface area (Å²) in [6.45, 7) is 4.25. The number of rotatable bonds is 6. The molecule has 0 aliphatic rings. The Labute approximate surface area is 102 Å². The Morgan fingerprint density at radius 3 is 2.82 bits per heavy atom. The van der Waals surface area contributed by atoms with Gasteiger partial charge in [-0.1, -0.05) is 25.1 Å². The number of nitrogens with zero attached hydrogens (tertiary/aromatic N) is 2. The molecule has 0 spiro atoms. The van der Waals surface area contributed by atoms with Crippen molar-refractivity contribution in [1.29, 1.82) is 0 Å². The molecular weight excluding hydrogens is 210 g/mol. The summed E-state index contributed by atoms with van der Waals surface area (Å²) in [7, 11) is 0. The predicted molar refractivity (Wildman–Crippen MR) is 70.4 cm³/mol. The summed E-state index contributed by atoms with van der Waals surface area (Å²) in [5.41, 5.74) is 2.41. The van der Waals surface area contributed by atoms with Crippen LogP contribution in [-0.4, -0.2) is 22.9 Å². The lowest BCUT2D eigenvalue weighted by Gasteiger charge is -2.00. The van der Waals surface area contributed by atoms with Crippen LogP contribution in [0, 0.1) is 0 Å². The van der Waals surface area contributed by atoms with E-state index in [2.05, 4.69) is 35.7 Å². The van der Waals surface area contributed by atoms with Crippen LogP contribution in [0.3, 0.4) is 0 Å². The Morgan fingerprint density at radius 2 is 2.06 bits per heavy atom. The second kappa shape index (κ2) is 6.21. The molecule has 0 atom stereocenters. The fourth-order valence-electron chi connectivity index (χ4n) is 1.81. The number of para-hydroxylation sites is 1. The molecule has 0 fully saturated rings. The minimum atomic E-state index is 1.04. The van der Waals surface area contributed by atoms with Crippen LogP contribution >= 0.6 is 0 Å². The van der Waals surface area contributed by atoms with Crippen LogP contribution in [0.4, 0.5) is 0 Å². The second-order valence-electron chi connectivity index (χ2n) is 4.09. The van der Waals surface area contributed by atoms with Gasteiger partial charge in [0.1, 0.15) is 0 Å². The third-order valence-corrected chi connectivity index (χ3v) is 2.73. The maximum Gasteiger partial charge on any atom is 0.0645 e. The lowest BCUT2D eigenvalue weighted by Crippen LogP contribution is -2.14. The minimum absolute atomic E-state index is 1.04. The Kier molecular flexibility index (Phi) is 4.33. The third kappa shape index (κ3) is 3.43. The quantitative estimate of drug-likeness (QED) is 0.771. The Balaban J connectivity index is 1.92. The summed E-state index contributed by atoms with van der Waals surface area (Å²) in [5.74, 6) is 0. The highest BCUT2D eigenvalue weighted by Gasteiger charge is 1.99. The molecule has 1 N–H and O–H groups in total. The summed E-state index contributed by atoms with van der Waals surface area (Å²) in [6.07, 6.45) is 6.31. The smallest absolute Gasteiger partial charge is 0.0645 e. The van der Waals surface area contributed by atoms with Crippen molar-refractivity contribution in [1.82, 2.24) is 15.1 Å². The normalized spacial score (nSPS) is 10.6. The van der Waals surface area contributed by atoms with Crippen molar-refractivity contribution >= 4 is 0 Å². The second-order valence-corrected chi connectivity index (χ2v) is 4.09. The molecule has 3 heteroatoms. The van der Waals surface area contributed by atoms with Gasteiger partial charge in [0.15, 0.2) is 0 Å². The first-order valence-electron chi connectivity index (χ1n) is 6.20. The van der Waals surface area contributed by atoms with Crippen molar-refractivity contribution in [3.8, 4) is 5.69 Å². The van der Waals surface area contributed by atoms with Crippen LogP contribution in [0.25, 0.3) is 5.69 Å². The van der Waals surface area contributed by atoms with Crippen molar-refractivity contribution < 1.29 is 0 Å². The van der Waals surface area contributed by atoms with Gasteiger partial charge < -0.3 is 5.32 Å². The van der Waals surface area contributed by atoms with E-state index in [1.807, 2.05) is 29.1 Å².